The van der Waals surface area contributed by atoms with Crippen molar-refractivity contribution in [3.63, 3.8) is 0 Å². The van der Waals surface area contributed by atoms with Gasteiger partial charge in [-0.3, -0.25) is 4.79 Å². The zero-order chi connectivity index (χ0) is 11.6. The fourth-order valence-corrected chi connectivity index (χ4v) is 1.73. The molecule has 15 heavy (non-hydrogen) atoms. The average Bonchev–Trinajstić information content (AvgIpc) is 2.12. The second kappa shape index (κ2) is 4.89. The highest BCUT2D eigenvalue weighted by Crippen LogP contribution is 2.21. The van der Waals surface area contributed by atoms with E-state index >= 15 is 0 Å². The number of aliphatic hydroxyl groups is 2. The van der Waals surface area contributed by atoms with E-state index in [0.29, 0.717) is 0 Å². The molecule has 0 aromatic rings. The lowest BCUT2D eigenvalue weighted by molar-refractivity contribution is -0.259. The highest BCUT2D eigenvalue weighted by Gasteiger charge is 2.43. The van der Waals surface area contributed by atoms with Gasteiger partial charge in [-0.25, -0.2) is 0 Å². The molecule has 1 saturated heterocycles. The summed E-state index contributed by atoms with van der Waals surface area (Å²) in [5.41, 5.74) is 0. The second-order valence-corrected chi connectivity index (χ2v) is 3.65. The molecule has 1 rings (SSSR count). The fourth-order valence-electron chi connectivity index (χ4n) is 1.73. The molecule has 1 aliphatic heterocycles. The molecule has 1 fully saturated rings. The molecular weight excluding hydrogens is 202 g/mol. The molecule has 0 aromatic heterocycles. The Morgan fingerprint density at radius 1 is 1.47 bits per heavy atom. The van der Waals surface area contributed by atoms with Gasteiger partial charge in [-0.2, -0.15) is 0 Å². The summed E-state index contributed by atoms with van der Waals surface area (Å²) >= 11 is 0. The molecule has 6 nitrogen and oxygen atoms in total. The summed E-state index contributed by atoms with van der Waals surface area (Å²) in [6.07, 6.45) is -3.48. The standard InChI is InChI=1S/C9H17NO5/c1-4-6(10-5(2)11)7(12)8(14-3)9(13)15-4/h4,6-9,12-13H,1-3H3,(H,10,11)/t4-,6-,7+,8+,9+/m1/s1. The Morgan fingerprint density at radius 3 is 2.53 bits per heavy atom. The Kier molecular flexibility index (Phi) is 4.04. The summed E-state index contributed by atoms with van der Waals surface area (Å²) in [5, 5.41) is 21.8. The number of methoxy groups -OCH3 is 1. The quantitative estimate of drug-likeness (QED) is 0.532. The third-order valence-electron chi connectivity index (χ3n) is 2.49. The summed E-state index contributed by atoms with van der Waals surface area (Å²) in [6.45, 7) is 3.02. The van der Waals surface area contributed by atoms with Crippen LogP contribution < -0.4 is 5.32 Å². The van der Waals surface area contributed by atoms with Gasteiger partial charge in [-0.05, 0) is 6.92 Å². The van der Waals surface area contributed by atoms with Crippen molar-refractivity contribution < 1.29 is 24.5 Å². The molecule has 0 radical (unpaired) electrons. The van der Waals surface area contributed by atoms with Gasteiger partial charge in [0.1, 0.15) is 12.2 Å². The number of hydrogen-bond acceptors (Lipinski definition) is 5. The summed E-state index contributed by atoms with van der Waals surface area (Å²) in [6, 6.07) is -0.573. The molecule has 3 N–H and O–H groups in total. The van der Waals surface area contributed by atoms with E-state index in [-0.39, 0.29) is 5.91 Å². The maximum atomic E-state index is 10.9. The van der Waals surface area contributed by atoms with E-state index in [9.17, 15) is 15.0 Å². The molecule has 0 aliphatic carbocycles. The van der Waals surface area contributed by atoms with Crippen LogP contribution in [0.2, 0.25) is 0 Å². The van der Waals surface area contributed by atoms with Crippen LogP contribution in [0.15, 0.2) is 0 Å². The minimum absolute atomic E-state index is 0.263. The summed E-state index contributed by atoms with van der Waals surface area (Å²) < 4.78 is 10.0. The molecule has 0 spiro atoms. The van der Waals surface area contributed by atoms with Crippen molar-refractivity contribution in [3.05, 3.63) is 0 Å². The number of hydrogen-bond donors (Lipinski definition) is 3. The first-order chi connectivity index (χ1) is 6.97. The van der Waals surface area contributed by atoms with Crippen LogP contribution in [0.25, 0.3) is 0 Å². The molecule has 88 valence electrons. The normalized spacial score (nSPS) is 41.3. The van der Waals surface area contributed by atoms with Crippen molar-refractivity contribution in [1.82, 2.24) is 5.32 Å². The minimum atomic E-state index is -1.18. The first-order valence-corrected chi connectivity index (χ1v) is 4.79. The lowest BCUT2D eigenvalue weighted by Gasteiger charge is -2.41. The molecule has 5 atom stereocenters. The predicted molar refractivity (Wildman–Crippen MR) is 51.0 cm³/mol. The van der Waals surface area contributed by atoms with Crippen LogP contribution >= 0.6 is 0 Å². The second-order valence-electron chi connectivity index (χ2n) is 3.65. The highest BCUT2D eigenvalue weighted by molar-refractivity contribution is 5.73. The van der Waals surface area contributed by atoms with Crippen molar-refractivity contribution in [2.24, 2.45) is 0 Å². The third kappa shape index (κ3) is 2.66. The van der Waals surface area contributed by atoms with Gasteiger partial charge in [0.2, 0.25) is 5.91 Å². The van der Waals surface area contributed by atoms with Gasteiger partial charge in [0.15, 0.2) is 6.29 Å². The largest absolute Gasteiger partial charge is 0.388 e. The van der Waals surface area contributed by atoms with Gasteiger partial charge >= 0.3 is 0 Å². The van der Waals surface area contributed by atoms with Gasteiger partial charge in [0, 0.05) is 14.0 Å². The molecule has 6 heteroatoms. The topological polar surface area (TPSA) is 88.0 Å². The SMILES string of the molecule is CO[C@H]1[C@@H](O)[C@H](NC(C)=O)[C@@H](C)O[C@@H]1O. The third-order valence-corrected chi connectivity index (χ3v) is 2.49. The van der Waals surface area contributed by atoms with E-state index < -0.39 is 30.6 Å². The molecule has 1 heterocycles. The number of ether oxygens (including phenoxy) is 2. The van der Waals surface area contributed by atoms with E-state index in [1.165, 1.54) is 14.0 Å². The molecule has 1 amide bonds. The smallest absolute Gasteiger partial charge is 0.217 e. The fraction of sp³-hybridized carbons (Fsp3) is 0.889. The van der Waals surface area contributed by atoms with Gasteiger partial charge in [-0.1, -0.05) is 0 Å². The highest BCUT2D eigenvalue weighted by atomic mass is 16.6. The van der Waals surface area contributed by atoms with Crippen LogP contribution in [0.3, 0.4) is 0 Å². The van der Waals surface area contributed by atoms with Gasteiger partial charge in [-0.15, -0.1) is 0 Å². The summed E-state index contributed by atoms with van der Waals surface area (Å²) in [5.74, 6) is -0.263. The molecular formula is C9H17NO5. The Balaban J connectivity index is 2.73. The molecule has 0 saturated carbocycles. The Morgan fingerprint density at radius 2 is 2.07 bits per heavy atom. The Hall–Kier alpha value is -0.690. The lowest BCUT2D eigenvalue weighted by atomic mass is 9.97. The first-order valence-electron chi connectivity index (χ1n) is 4.79. The molecule has 0 aromatic carbocycles. The maximum Gasteiger partial charge on any atom is 0.217 e. The maximum absolute atomic E-state index is 10.9. The zero-order valence-corrected chi connectivity index (χ0v) is 9.01. The van der Waals surface area contributed by atoms with Gasteiger partial charge in [0.25, 0.3) is 0 Å². The summed E-state index contributed by atoms with van der Waals surface area (Å²) in [7, 11) is 1.36. The minimum Gasteiger partial charge on any atom is -0.388 e. The van der Waals surface area contributed by atoms with Crippen LogP contribution in [0.5, 0.6) is 0 Å². The molecule has 0 bridgehead atoms. The van der Waals surface area contributed by atoms with Gasteiger partial charge < -0.3 is 25.0 Å². The average molecular weight is 219 g/mol. The number of aliphatic hydroxyl groups excluding tert-OH is 2. The van der Waals surface area contributed by atoms with Crippen molar-refractivity contribution in [1.29, 1.82) is 0 Å². The number of amides is 1. The van der Waals surface area contributed by atoms with E-state index in [4.69, 9.17) is 9.47 Å². The van der Waals surface area contributed by atoms with E-state index in [1.807, 2.05) is 0 Å². The number of rotatable bonds is 2. The van der Waals surface area contributed by atoms with E-state index in [0.717, 1.165) is 0 Å². The number of nitrogens with one attached hydrogen (secondary N) is 1. The number of carbonyl (C=O) groups is 1. The van der Waals surface area contributed by atoms with Crippen molar-refractivity contribution >= 4 is 5.91 Å². The van der Waals surface area contributed by atoms with Crippen LogP contribution in [0, 0.1) is 0 Å². The van der Waals surface area contributed by atoms with Crippen molar-refractivity contribution in [3.8, 4) is 0 Å². The van der Waals surface area contributed by atoms with Crippen LogP contribution in [-0.2, 0) is 14.3 Å². The van der Waals surface area contributed by atoms with Crippen molar-refractivity contribution in [2.75, 3.05) is 7.11 Å². The first kappa shape index (κ1) is 12.4. The predicted octanol–water partition coefficient (Wildman–Crippen LogP) is -1.40. The molecule has 0 unspecified atom stereocenters. The van der Waals surface area contributed by atoms with Crippen LogP contribution in [-0.4, -0.2) is 53.9 Å². The summed E-state index contributed by atoms with van der Waals surface area (Å²) in [4.78, 5) is 10.9. The number of carbonyl (C=O) groups excluding carboxylic acids is 1. The lowest BCUT2D eigenvalue weighted by Crippen LogP contribution is -2.62. The Bertz CT molecular complexity index is 235. The van der Waals surface area contributed by atoms with Crippen LogP contribution in [0.1, 0.15) is 13.8 Å². The van der Waals surface area contributed by atoms with E-state index in [1.54, 1.807) is 6.92 Å². The zero-order valence-electron chi connectivity index (χ0n) is 9.01. The van der Waals surface area contributed by atoms with Gasteiger partial charge in [0.05, 0.1) is 12.1 Å². The van der Waals surface area contributed by atoms with Crippen LogP contribution in [0.4, 0.5) is 0 Å². The Labute approximate surface area is 88.2 Å². The van der Waals surface area contributed by atoms with E-state index in [2.05, 4.69) is 5.32 Å². The van der Waals surface area contributed by atoms with Crippen molar-refractivity contribution in [2.45, 2.75) is 44.5 Å². The monoisotopic (exact) mass is 219 g/mol. The molecule has 1 aliphatic rings.